The fourth-order valence-corrected chi connectivity index (χ4v) is 2.87. The molecule has 4 rings (SSSR count). The summed E-state index contributed by atoms with van der Waals surface area (Å²) in [6.07, 6.45) is 2.13. The summed E-state index contributed by atoms with van der Waals surface area (Å²) in [5, 5.41) is 16.0. The lowest BCUT2D eigenvalue weighted by Crippen LogP contribution is -2.20. The monoisotopic (exact) mass is 323 g/mol. The van der Waals surface area contributed by atoms with Crippen molar-refractivity contribution >= 4 is 23.2 Å². The van der Waals surface area contributed by atoms with Gasteiger partial charge in [0.2, 0.25) is 5.95 Å². The van der Waals surface area contributed by atoms with Gasteiger partial charge in [-0.1, -0.05) is 58.7 Å². The first-order chi connectivity index (χ1) is 11.2. The van der Waals surface area contributed by atoms with E-state index >= 15 is 0 Å². The van der Waals surface area contributed by atoms with Gasteiger partial charge >= 0.3 is 0 Å². The Morgan fingerprint density at radius 3 is 2.74 bits per heavy atom. The molecule has 5 nitrogen and oxygen atoms in total. The number of allylic oxidation sites excluding steroid dienone is 1. The summed E-state index contributed by atoms with van der Waals surface area (Å²) in [4.78, 5) is 0. The van der Waals surface area contributed by atoms with Crippen LogP contribution >= 0.6 is 11.6 Å². The molecule has 1 aromatic heterocycles. The number of aryl methyl sites for hydroxylation is 1. The van der Waals surface area contributed by atoms with Crippen molar-refractivity contribution in [3.63, 3.8) is 0 Å². The van der Waals surface area contributed by atoms with Crippen molar-refractivity contribution in [3.05, 3.63) is 76.3 Å². The summed E-state index contributed by atoms with van der Waals surface area (Å²) >= 11 is 5.98. The molecule has 2 heterocycles. The Kier molecular flexibility index (Phi) is 3.35. The van der Waals surface area contributed by atoms with Gasteiger partial charge in [-0.25, -0.2) is 0 Å². The number of anilines is 1. The zero-order valence-electron chi connectivity index (χ0n) is 12.4. The first-order valence-electron chi connectivity index (χ1n) is 7.30. The van der Waals surface area contributed by atoms with Gasteiger partial charge in [0, 0.05) is 10.7 Å². The van der Waals surface area contributed by atoms with Gasteiger partial charge in [0.25, 0.3) is 0 Å². The average Bonchev–Trinajstić information content (AvgIpc) is 3.03. The van der Waals surface area contributed by atoms with Gasteiger partial charge in [0.15, 0.2) is 0 Å². The molecule has 0 saturated carbocycles. The quantitative estimate of drug-likeness (QED) is 0.781. The molecule has 0 spiro atoms. The maximum atomic E-state index is 5.98. The Bertz CT molecular complexity index is 882. The van der Waals surface area contributed by atoms with Crippen LogP contribution in [0.5, 0.6) is 0 Å². The van der Waals surface area contributed by atoms with E-state index in [4.69, 9.17) is 11.6 Å². The summed E-state index contributed by atoms with van der Waals surface area (Å²) in [6.45, 7) is 2.08. The molecule has 1 atom stereocenters. The van der Waals surface area contributed by atoms with Gasteiger partial charge in [-0.05, 0) is 46.7 Å². The van der Waals surface area contributed by atoms with Crippen LogP contribution in [-0.4, -0.2) is 20.2 Å². The fraction of sp³-hybridized carbons (Fsp3) is 0.118. The predicted molar refractivity (Wildman–Crippen MR) is 90.2 cm³/mol. The van der Waals surface area contributed by atoms with Crippen molar-refractivity contribution in [2.45, 2.75) is 13.0 Å². The molecule has 0 fully saturated rings. The molecule has 1 aliphatic rings. The highest BCUT2D eigenvalue weighted by molar-refractivity contribution is 6.30. The second-order valence-electron chi connectivity index (χ2n) is 5.52. The molecule has 1 N–H and O–H groups in total. The highest BCUT2D eigenvalue weighted by Crippen LogP contribution is 2.32. The molecule has 114 valence electrons. The van der Waals surface area contributed by atoms with E-state index in [0.717, 1.165) is 16.8 Å². The van der Waals surface area contributed by atoms with Crippen LogP contribution in [0.4, 0.5) is 5.95 Å². The molecule has 0 unspecified atom stereocenters. The van der Waals surface area contributed by atoms with Crippen LogP contribution in [0.3, 0.4) is 0 Å². The van der Waals surface area contributed by atoms with Crippen molar-refractivity contribution in [2.75, 3.05) is 5.32 Å². The average molecular weight is 324 g/mol. The number of halogens is 1. The molecule has 0 amide bonds. The number of rotatable bonds is 2. The van der Waals surface area contributed by atoms with Crippen LogP contribution in [0.15, 0.2) is 54.6 Å². The van der Waals surface area contributed by atoms with Crippen molar-refractivity contribution in [1.82, 2.24) is 20.2 Å². The second kappa shape index (κ2) is 5.52. The molecule has 3 aromatic rings. The molecule has 1 aliphatic heterocycles. The lowest BCUT2D eigenvalue weighted by atomic mass is 10.0. The zero-order chi connectivity index (χ0) is 15.8. The number of fused-ring (bicyclic) bond motifs is 1. The molecular weight excluding hydrogens is 310 g/mol. The molecule has 23 heavy (non-hydrogen) atoms. The third kappa shape index (κ3) is 2.59. The van der Waals surface area contributed by atoms with Gasteiger partial charge in [-0.15, -0.1) is 0 Å². The van der Waals surface area contributed by atoms with E-state index in [1.807, 2.05) is 30.3 Å². The van der Waals surface area contributed by atoms with E-state index in [1.54, 1.807) is 4.68 Å². The minimum Gasteiger partial charge on any atom is -0.323 e. The Morgan fingerprint density at radius 1 is 1.13 bits per heavy atom. The van der Waals surface area contributed by atoms with E-state index in [-0.39, 0.29) is 6.04 Å². The summed E-state index contributed by atoms with van der Waals surface area (Å²) in [5.41, 5.74) is 4.36. The maximum absolute atomic E-state index is 5.98. The highest BCUT2D eigenvalue weighted by atomic mass is 35.5. The van der Waals surface area contributed by atoms with Crippen LogP contribution in [-0.2, 0) is 0 Å². The van der Waals surface area contributed by atoms with Crippen LogP contribution < -0.4 is 5.32 Å². The highest BCUT2D eigenvalue weighted by Gasteiger charge is 2.24. The summed E-state index contributed by atoms with van der Waals surface area (Å²) < 4.78 is 1.79. The number of nitrogens with one attached hydrogen (secondary N) is 1. The summed E-state index contributed by atoms with van der Waals surface area (Å²) in [5.74, 6) is 0.629. The van der Waals surface area contributed by atoms with Gasteiger partial charge in [0.05, 0.1) is 0 Å². The largest absolute Gasteiger partial charge is 0.323 e. The molecule has 0 saturated heterocycles. The number of tetrazole rings is 1. The number of benzene rings is 2. The van der Waals surface area contributed by atoms with E-state index < -0.39 is 0 Å². The third-order valence-electron chi connectivity index (χ3n) is 3.87. The van der Waals surface area contributed by atoms with E-state index in [9.17, 15) is 0 Å². The molecule has 0 radical (unpaired) electrons. The number of aromatic nitrogens is 4. The topological polar surface area (TPSA) is 55.6 Å². The third-order valence-corrected chi connectivity index (χ3v) is 4.12. The van der Waals surface area contributed by atoms with Crippen molar-refractivity contribution in [1.29, 1.82) is 0 Å². The standard InChI is InChI=1S/C17H14ClN5/c1-11-3-2-4-13(9-11)16-10-15(12-5-7-14(18)8-6-12)19-17-20-21-22-23(16)17/h2-10,16H,1H3,(H,19,20,22)/t16-/m0/s1. The van der Waals surface area contributed by atoms with Crippen LogP contribution in [0.1, 0.15) is 22.7 Å². The number of hydrogen-bond donors (Lipinski definition) is 1. The number of hydrogen-bond acceptors (Lipinski definition) is 4. The van der Waals surface area contributed by atoms with Crippen molar-refractivity contribution in [2.24, 2.45) is 0 Å². The Morgan fingerprint density at radius 2 is 1.96 bits per heavy atom. The Labute approximate surface area is 138 Å². The number of nitrogens with zero attached hydrogens (tertiary/aromatic N) is 4. The molecule has 2 aromatic carbocycles. The van der Waals surface area contributed by atoms with Crippen molar-refractivity contribution < 1.29 is 0 Å². The Balaban J connectivity index is 1.81. The summed E-state index contributed by atoms with van der Waals surface area (Å²) in [7, 11) is 0. The fourth-order valence-electron chi connectivity index (χ4n) is 2.74. The first kappa shape index (κ1) is 14.0. The lowest BCUT2D eigenvalue weighted by molar-refractivity contribution is 0.585. The molecule has 0 aliphatic carbocycles. The first-order valence-corrected chi connectivity index (χ1v) is 7.68. The van der Waals surface area contributed by atoms with E-state index in [1.165, 1.54) is 5.56 Å². The van der Waals surface area contributed by atoms with Crippen LogP contribution in [0, 0.1) is 6.92 Å². The minimum absolute atomic E-state index is 0.0492. The second-order valence-corrected chi connectivity index (χ2v) is 5.95. The minimum atomic E-state index is -0.0492. The normalized spacial score (nSPS) is 16.4. The van der Waals surface area contributed by atoms with Gasteiger partial charge in [-0.2, -0.15) is 4.68 Å². The van der Waals surface area contributed by atoms with Crippen molar-refractivity contribution in [3.8, 4) is 0 Å². The van der Waals surface area contributed by atoms with E-state index in [0.29, 0.717) is 11.0 Å². The molecular formula is C17H14ClN5. The van der Waals surface area contributed by atoms with Gasteiger partial charge in [-0.3, -0.25) is 0 Å². The summed E-state index contributed by atoms with van der Waals surface area (Å²) in [6, 6.07) is 16.0. The smallest absolute Gasteiger partial charge is 0.248 e. The zero-order valence-corrected chi connectivity index (χ0v) is 13.2. The Hall–Kier alpha value is -2.66. The van der Waals surface area contributed by atoms with Gasteiger partial charge in [0.1, 0.15) is 6.04 Å². The SMILES string of the molecule is Cc1cccc([C@@H]2C=C(c3ccc(Cl)cc3)Nc3nnnn32)c1. The molecule has 6 heteroatoms. The predicted octanol–water partition coefficient (Wildman–Crippen LogP) is 3.69. The maximum Gasteiger partial charge on any atom is 0.248 e. The van der Waals surface area contributed by atoms with Gasteiger partial charge < -0.3 is 5.32 Å². The lowest BCUT2D eigenvalue weighted by Gasteiger charge is -2.23. The van der Waals surface area contributed by atoms with Crippen LogP contribution in [0.2, 0.25) is 5.02 Å². The molecule has 0 bridgehead atoms. The van der Waals surface area contributed by atoms with Crippen LogP contribution in [0.25, 0.3) is 5.70 Å². The van der Waals surface area contributed by atoms with E-state index in [2.05, 4.69) is 52.0 Å².